The van der Waals surface area contributed by atoms with Gasteiger partial charge in [-0.25, -0.2) is 0 Å². The minimum Gasteiger partial charge on any atom is -0.264 e. The lowest BCUT2D eigenvalue weighted by Crippen LogP contribution is -1.86. The van der Waals surface area contributed by atoms with Crippen molar-refractivity contribution in [3.05, 3.63) is 35.7 Å². The maximum absolute atomic E-state index is 4.06. The maximum atomic E-state index is 4.06. The highest BCUT2D eigenvalue weighted by Gasteiger charge is 1.97. The van der Waals surface area contributed by atoms with E-state index in [-0.39, 0.29) is 0 Å². The molecule has 0 aliphatic heterocycles. The molecule has 1 heteroatoms. The zero-order valence-electron chi connectivity index (χ0n) is 7.96. The van der Waals surface area contributed by atoms with Gasteiger partial charge in [0.1, 0.15) is 0 Å². The van der Waals surface area contributed by atoms with Crippen molar-refractivity contribution >= 4 is 5.57 Å². The van der Waals surface area contributed by atoms with Gasteiger partial charge in [-0.05, 0) is 43.0 Å². The van der Waals surface area contributed by atoms with Crippen molar-refractivity contribution in [1.82, 2.24) is 4.98 Å². The summed E-state index contributed by atoms with van der Waals surface area (Å²) in [5.74, 6) is 0. The fourth-order valence-corrected chi connectivity index (χ4v) is 1.33. The average molecular weight is 161 g/mol. The lowest BCUT2D eigenvalue weighted by Gasteiger charge is -2.03. The van der Waals surface area contributed by atoms with Gasteiger partial charge in [0.25, 0.3) is 0 Å². The highest BCUT2D eigenvalue weighted by molar-refractivity contribution is 5.65. The van der Waals surface area contributed by atoms with Crippen molar-refractivity contribution in [2.75, 3.05) is 0 Å². The highest BCUT2D eigenvalue weighted by Crippen LogP contribution is 2.16. The molecule has 1 heterocycles. The van der Waals surface area contributed by atoms with Crippen molar-refractivity contribution in [1.29, 1.82) is 0 Å². The number of pyridine rings is 1. The Morgan fingerprint density at radius 2 is 2.33 bits per heavy atom. The van der Waals surface area contributed by atoms with Crippen LogP contribution in [0.15, 0.2) is 24.5 Å². The third-order valence-corrected chi connectivity index (χ3v) is 1.96. The zero-order valence-corrected chi connectivity index (χ0v) is 7.96. The fraction of sp³-hybridized carbons (Fsp3) is 0.364. The number of allylic oxidation sites excluding steroid dienone is 2. The molecule has 0 aromatic carbocycles. The standard InChI is InChI=1S/C11H15N/c1-4-5-9(2)11-6-7-12-8-10(11)3/h5-8H,4H2,1-3H3/b9-5-. The van der Waals surface area contributed by atoms with Crippen LogP contribution in [0.2, 0.25) is 0 Å². The molecule has 1 rings (SSSR count). The molecule has 1 nitrogen and oxygen atoms in total. The summed E-state index contributed by atoms with van der Waals surface area (Å²) in [4.78, 5) is 4.06. The molecule has 0 bridgehead atoms. The Morgan fingerprint density at radius 1 is 1.58 bits per heavy atom. The first-order valence-electron chi connectivity index (χ1n) is 4.33. The summed E-state index contributed by atoms with van der Waals surface area (Å²) in [5.41, 5.74) is 3.91. The van der Waals surface area contributed by atoms with E-state index in [0.717, 1.165) is 6.42 Å². The molecule has 0 fully saturated rings. The first-order chi connectivity index (χ1) is 5.75. The van der Waals surface area contributed by atoms with E-state index < -0.39 is 0 Å². The van der Waals surface area contributed by atoms with Crippen LogP contribution >= 0.6 is 0 Å². The monoisotopic (exact) mass is 161 g/mol. The highest BCUT2D eigenvalue weighted by atomic mass is 14.6. The van der Waals surface area contributed by atoms with Gasteiger partial charge in [-0.15, -0.1) is 0 Å². The second kappa shape index (κ2) is 4.05. The van der Waals surface area contributed by atoms with Crippen LogP contribution in [0.4, 0.5) is 0 Å². The van der Waals surface area contributed by atoms with Crippen LogP contribution in [-0.2, 0) is 0 Å². The number of aryl methyl sites for hydroxylation is 1. The molecular formula is C11H15N. The Labute approximate surface area is 74.2 Å². The molecule has 0 amide bonds. The number of nitrogens with zero attached hydrogens (tertiary/aromatic N) is 1. The lowest BCUT2D eigenvalue weighted by molar-refractivity contribution is 1.21. The smallest absolute Gasteiger partial charge is 0.0303 e. The molecule has 0 aliphatic rings. The first-order valence-corrected chi connectivity index (χ1v) is 4.33. The van der Waals surface area contributed by atoms with Crippen molar-refractivity contribution in [3.8, 4) is 0 Å². The summed E-state index contributed by atoms with van der Waals surface area (Å²) >= 11 is 0. The van der Waals surface area contributed by atoms with Crippen LogP contribution in [0, 0.1) is 6.92 Å². The zero-order chi connectivity index (χ0) is 8.97. The molecule has 0 radical (unpaired) electrons. The summed E-state index contributed by atoms with van der Waals surface area (Å²) in [6.45, 7) is 6.39. The van der Waals surface area contributed by atoms with Crippen LogP contribution < -0.4 is 0 Å². The number of rotatable bonds is 2. The average Bonchev–Trinajstić information content (AvgIpc) is 2.05. The summed E-state index contributed by atoms with van der Waals surface area (Å²) in [6.07, 6.45) is 7.08. The van der Waals surface area contributed by atoms with Crippen molar-refractivity contribution in [2.45, 2.75) is 27.2 Å². The number of hydrogen-bond acceptors (Lipinski definition) is 1. The molecule has 1 aromatic heterocycles. The topological polar surface area (TPSA) is 12.9 Å². The van der Waals surface area contributed by atoms with E-state index in [1.165, 1.54) is 16.7 Å². The van der Waals surface area contributed by atoms with Crippen LogP contribution in [0.5, 0.6) is 0 Å². The summed E-state index contributed by atoms with van der Waals surface area (Å²) in [5, 5.41) is 0. The van der Waals surface area contributed by atoms with E-state index in [0.29, 0.717) is 0 Å². The Morgan fingerprint density at radius 3 is 2.92 bits per heavy atom. The molecule has 0 saturated heterocycles. The van der Waals surface area contributed by atoms with E-state index in [4.69, 9.17) is 0 Å². The van der Waals surface area contributed by atoms with Gasteiger partial charge in [-0.3, -0.25) is 4.98 Å². The van der Waals surface area contributed by atoms with Crippen molar-refractivity contribution in [3.63, 3.8) is 0 Å². The summed E-state index contributed by atoms with van der Waals surface area (Å²) in [7, 11) is 0. The van der Waals surface area contributed by atoms with Gasteiger partial charge in [-0.1, -0.05) is 13.0 Å². The van der Waals surface area contributed by atoms with E-state index in [2.05, 4.69) is 37.9 Å². The molecule has 12 heavy (non-hydrogen) atoms. The molecule has 0 unspecified atom stereocenters. The van der Waals surface area contributed by atoms with Gasteiger partial charge in [0.15, 0.2) is 0 Å². The molecule has 1 aromatic rings. The fourth-order valence-electron chi connectivity index (χ4n) is 1.33. The van der Waals surface area contributed by atoms with Gasteiger partial charge < -0.3 is 0 Å². The predicted molar refractivity (Wildman–Crippen MR) is 52.9 cm³/mol. The second-order valence-electron chi connectivity index (χ2n) is 2.99. The van der Waals surface area contributed by atoms with E-state index >= 15 is 0 Å². The van der Waals surface area contributed by atoms with E-state index in [1.54, 1.807) is 0 Å². The second-order valence-corrected chi connectivity index (χ2v) is 2.99. The Kier molecular flexibility index (Phi) is 3.03. The molecule has 0 N–H and O–H groups in total. The van der Waals surface area contributed by atoms with Crippen LogP contribution in [0.25, 0.3) is 5.57 Å². The number of aromatic nitrogens is 1. The van der Waals surface area contributed by atoms with Crippen LogP contribution in [-0.4, -0.2) is 4.98 Å². The minimum absolute atomic E-state index is 1.09. The third-order valence-electron chi connectivity index (χ3n) is 1.96. The Bertz CT molecular complexity index is 287. The molecule has 64 valence electrons. The molecule has 0 spiro atoms. The molecular weight excluding hydrogens is 146 g/mol. The first kappa shape index (κ1) is 8.98. The molecule has 0 atom stereocenters. The molecule has 0 aliphatic carbocycles. The normalized spacial score (nSPS) is 11.8. The SMILES string of the molecule is CC/C=C(/C)c1ccncc1C. The third kappa shape index (κ3) is 1.94. The summed E-state index contributed by atoms with van der Waals surface area (Å²) in [6, 6.07) is 2.07. The van der Waals surface area contributed by atoms with Gasteiger partial charge in [0.2, 0.25) is 0 Å². The van der Waals surface area contributed by atoms with E-state index in [1.807, 2.05) is 12.4 Å². The molecule has 0 saturated carbocycles. The number of hydrogen-bond donors (Lipinski definition) is 0. The minimum atomic E-state index is 1.09. The largest absolute Gasteiger partial charge is 0.264 e. The quantitative estimate of drug-likeness (QED) is 0.649. The van der Waals surface area contributed by atoms with Crippen LogP contribution in [0.3, 0.4) is 0 Å². The van der Waals surface area contributed by atoms with Crippen molar-refractivity contribution < 1.29 is 0 Å². The van der Waals surface area contributed by atoms with Gasteiger partial charge in [0.05, 0.1) is 0 Å². The van der Waals surface area contributed by atoms with Gasteiger partial charge in [-0.2, -0.15) is 0 Å². The van der Waals surface area contributed by atoms with Crippen LogP contribution in [0.1, 0.15) is 31.4 Å². The lowest BCUT2D eigenvalue weighted by atomic mass is 10.0. The van der Waals surface area contributed by atoms with Crippen molar-refractivity contribution in [2.24, 2.45) is 0 Å². The van der Waals surface area contributed by atoms with Gasteiger partial charge >= 0.3 is 0 Å². The van der Waals surface area contributed by atoms with E-state index in [9.17, 15) is 0 Å². The summed E-state index contributed by atoms with van der Waals surface area (Å²) < 4.78 is 0. The maximum Gasteiger partial charge on any atom is 0.0303 e. The predicted octanol–water partition coefficient (Wildman–Crippen LogP) is 3.20. The Hall–Kier alpha value is -1.11. The van der Waals surface area contributed by atoms with Gasteiger partial charge in [0, 0.05) is 12.4 Å². The Balaban J connectivity index is 3.02.